The molecule has 2 bridgehead atoms. The van der Waals surface area contributed by atoms with Crippen LogP contribution in [-0.2, 0) is 16.1 Å². The second-order valence-corrected chi connectivity index (χ2v) is 8.88. The Morgan fingerprint density at radius 1 is 1.12 bits per heavy atom. The highest BCUT2D eigenvalue weighted by molar-refractivity contribution is 14.0. The van der Waals surface area contributed by atoms with E-state index in [1.54, 1.807) is 7.05 Å². The van der Waals surface area contributed by atoms with Crippen LogP contribution >= 0.6 is 24.0 Å². The molecule has 7 nitrogen and oxygen atoms in total. The maximum Gasteiger partial charge on any atom is 0.233 e. The van der Waals surface area contributed by atoms with Gasteiger partial charge in [0.25, 0.3) is 0 Å². The molecule has 1 saturated carbocycles. The average molecular weight is 566 g/mol. The summed E-state index contributed by atoms with van der Waals surface area (Å²) >= 11 is 0. The molecule has 2 amide bonds. The first-order valence-corrected chi connectivity index (χ1v) is 11.8. The van der Waals surface area contributed by atoms with Crippen molar-refractivity contribution >= 4 is 41.8 Å². The number of guanidine groups is 1. The highest BCUT2D eigenvalue weighted by Gasteiger charge is 2.58. The van der Waals surface area contributed by atoms with Crippen molar-refractivity contribution in [2.45, 2.75) is 39.2 Å². The van der Waals surface area contributed by atoms with Gasteiger partial charge in [0.05, 0.1) is 18.4 Å². The summed E-state index contributed by atoms with van der Waals surface area (Å²) in [6.45, 7) is 4.61. The second-order valence-electron chi connectivity index (χ2n) is 8.88. The molecule has 2 fully saturated rings. The number of unbranched alkanes of at least 4 members (excludes halogenated alkanes) is 1. The highest BCUT2D eigenvalue weighted by atomic mass is 127. The highest BCUT2D eigenvalue weighted by Crippen LogP contribution is 2.52. The van der Waals surface area contributed by atoms with Crippen LogP contribution in [0.15, 0.2) is 41.4 Å². The van der Waals surface area contributed by atoms with Crippen LogP contribution in [0, 0.1) is 23.7 Å². The number of carbonyl (C=O) groups excluding carboxylic acids is 2. The minimum Gasteiger partial charge on any atom is -0.494 e. The lowest BCUT2D eigenvalue weighted by atomic mass is 9.85. The van der Waals surface area contributed by atoms with Crippen LogP contribution in [0.5, 0.6) is 5.75 Å². The van der Waals surface area contributed by atoms with E-state index in [0.29, 0.717) is 32.0 Å². The minimum absolute atomic E-state index is 0. The summed E-state index contributed by atoms with van der Waals surface area (Å²) in [5, 5.41) is 6.58. The van der Waals surface area contributed by atoms with Gasteiger partial charge in [0.1, 0.15) is 5.75 Å². The Morgan fingerprint density at radius 3 is 2.52 bits per heavy atom. The van der Waals surface area contributed by atoms with Crippen molar-refractivity contribution in [1.29, 1.82) is 0 Å². The molecule has 0 radical (unpaired) electrons. The summed E-state index contributed by atoms with van der Waals surface area (Å²) in [6.07, 6.45) is 8.09. The van der Waals surface area contributed by atoms with Gasteiger partial charge in [-0.05, 0) is 48.8 Å². The van der Waals surface area contributed by atoms with Crippen LogP contribution in [0.3, 0.4) is 0 Å². The number of amides is 2. The van der Waals surface area contributed by atoms with Gasteiger partial charge in [-0.1, -0.05) is 37.6 Å². The quantitative estimate of drug-likeness (QED) is 0.113. The third kappa shape index (κ3) is 5.70. The molecule has 2 N–H and O–H groups in total. The lowest BCUT2D eigenvalue weighted by Gasteiger charge is -2.18. The van der Waals surface area contributed by atoms with E-state index in [0.717, 1.165) is 37.2 Å². The molecular weight excluding hydrogens is 531 g/mol. The van der Waals surface area contributed by atoms with Gasteiger partial charge in [-0.3, -0.25) is 19.5 Å². The summed E-state index contributed by atoms with van der Waals surface area (Å²) in [5.41, 5.74) is 1.12. The largest absolute Gasteiger partial charge is 0.494 e. The number of hydrogen-bond donors (Lipinski definition) is 2. The summed E-state index contributed by atoms with van der Waals surface area (Å²) < 4.78 is 5.77. The molecule has 4 rings (SSSR count). The van der Waals surface area contributed by atoms with E-state index in [9.17, 15) is 9.59 Å². The van der Waals surface area contributed by atoms with Crippen molar-refractivity contribution in [3.05, 3.63) is 42.0 Å². The number of carbonyl (C=O) groups is 2. The Balaban J connectivity index is 0.00000306. The van der Waals surface area contributed by atoms with Crippen molar-refractivity contribution in [2.75, 3.05) is 26.7 Å². The number of imide groups is 1. The van der Waals surface area contributed by atoms with Crippen LogP contribution in [0.1, 0.15) is 38.2 Å². The van der Waals surface area contributed by atoms with Crippen molar-refractivity contribution in [3.63, 3.8) is 0 Å². The SMILES string of the molecule is CCCCOc1cccc(CNC(=NC)NCCCN2C(=O)C3C4C=CC(C4)C3C2=O)c1.I. The predicted octanol–water partition coefficient (Wildman–Crippen LogP) is 3.35. The van der Waals surface area contributed by atoms with E-state index in [-0.39, 0.29) is 59.5 Å². The number of rotatable bonds is 10. The second kappa shape index (κ2) is 11.9. The molecule has 1 aliphatic heterocycles. The first-order chi connectivity index (χ1) is 15.6. The minimum atomic E-state index is -0.110. The smallest absolute Gasteiger partial charge is 0.233 e. The van der Waals surface area contributed by atoms with E-state index < -0.39 is 0 Å². The van der Waals surface area contributed by atoms with Crippen molar-refractivity contribution in [3.8, 4) is 5.75 Å². The van der Waals surface area contributed by atoms with Gasteiger partial charge >= 0.3 is 0 Å². The maximum absolute atomic E-state index is 12.7. The number of aliphatic imine (C=N–C) groups is 1. The van der Waals surface area contributed by atoms with Gasteiger partial charge in [-0.25, -0.2) is 0 Å². The Hall–Kier alpha value is -2.10. The maximum atomic E-state index is 12.7. The molecule has 0 spiro atoms. The number of allylic oxidation sites excluding steroid dienone is 2. The van der Waals surface area contributed by atoms with E-state index in [1.165, 1.54) is 4.90 Å². The Labute approximate surface area is 213 Å². The predicted molar refractivity (Wildman–Crippen MR) is 140 cm³/mol. The molecule has 2 aliphatic carbocycles. The number of hydrogen-bond acceptors (Lipinski definition) is 4. The summed E-state index contributed by atoms with van der Waals surface area (Å²) in [5.74, 6) is 1.95. The van der Waals surface area contributed by atoms with Crippen molar-refractivity contribution in [1.82, 2.24) is 15.5 Å². The first kappa shape index (κ1) is 25.5. The van der Waals surface area contributed by atoms with E-state index >= 15 is 0 Å². The van der Waals surface area contributed by atoms with Gasteiger partial charge < -0.3 is 15.4 Å². The number of nitrogens with one attached hydrogen (secondary N) is 2. The number of benzene rings is 1. The average Bonchev–Trinajstić information content (AvgIpc) is 3.48. The molecular formula is C25H35IN4O3. The monoisotopic (exact) mass is 566 g/mol. The third-order valence-corrected chi connectivity index (χ3v) is 6.76. The zero-order valence-electron chi connectivity index (χ0n) is 19.5. The molecule has 33 heavy (non-hydrogen) atoms. The fourth-order valence-corrected chi connectivity index (χ4v) is 5.11. The van der Waals surface area contributed by atoms with Crippen LogP contribution in [0.4, 0.5) is 0 Å². The van der Waals surface area contributed by atoms with Crippen molar-refractivity contribution < 1.29 is 14.3 Å². The number of halogens is 1. The van der Waals surface area contributed by atoms with Gasteiger partial charge in [-0.15, -0.1) is 24.0 Å². The molecule has 1 heterocycles. The lowest BCUT2D eigenvalue weighted by molar-refractivity contribution is -0.140. The van der Waals surface area contributed by atoms with Gasteiger partial charge in [0, 0.05) is 26.7 Å². The summed E-state index contributed by atoms with van der Waals surface area (Å²) in [6, 6.07) is 8.06. The fourth-order valence-electron chi connectivity index (χ4n) is 5.11. The molecule has 3 aliphatic rings. The zero-order valence-corrected chi connectivity index (χ0v) is 21.8. The molecule has 4 atom stereocenters. The Kier molecular flexibility index (Phi) is 9.17. The normalized spacial score (nSPS) is 25.3. The van der Waals surface area contributed by atoms with Crippen molar-refractivity contribution in [2.24, 2.45) is 28.7 Å². The lowest BCUT2D eigenvalue weighted by Crippen LogP contribution is -2.39. The van der Waals surface area contributed by atoms with Gasteiger partial charge in [-0.2, -0.15) is 0 Å². The van der Waals surface area contributed by atoms with Crippen LogP contribution in [0.2, 0.25) is 0 Å². The van der Waals surface area contributed by atoms with Crippen LogP contribution in [-0.4, -0.2) is 49.4 Å². The van der Waals surface area contributed by atoms with Gasteiger partial charge in [0.15, 0.2) is 5.96 Å². The zero-order chi connectivity index (χ0) is 22.5. The topological polar surface area (TPSA) is 83.0 Å². The number of nitrogens with zero attached hydrogens (tertiary/aromatic N) is 2. The van der Waals surface area contributed by atoms with E-state index in [2.05, 4.69) is 40.8 Å². The molecule has 4 unspecified atom stereocenters. The Morgan fingerprint density at radius 2 is 1.85 bits per heavy atom. The molecule has 8 heteroatoms. The van der Waals surface area contributed by atoms with Crippen LogP contribution in [0.25, 0.3) is 0 Å². The van der Waals surface area contributed by atoms with E-state index in [4.69, 9.17) is 4.74 Å². The number of ether oxygens (including phenoxy) is 1. The van der Waals surface area contributed by atoms with Crippen LogP contribution < -0.4 is 15.4 Å². The third-order valence-electron chi connectivity index (χ3n) is 6.76. The number of likely N-dealkylation sites (tertiary alicyclic amines) is 1. The molecule has 1 saturated heterocycles. The fraction of sp³-hybridized carbons (Fsp3) is 0.560. The Bertz CT molecular complexity index is 873. The summed E-state index contributed by atoms with van der Waals surface area (Å²) in [4.78, 5) is 31.2. The van der Waals surface area contributed by atoms with E-state index in [1.807, 2.05) is 18.2 Å². The standard InChI is InChI=1S/C25H34N4O3.HI/c1-3-4-13-32-20-8-5-7-17(14-20)16-28-25(26-2)27-11-6-12-29-23(30)21-18-9-10-19(15-18)22(21)24(29)31;/h5,7-10,14,18-19,21-22H,3-4,6,11-13,15-16H2,1-2H3,(H2,26,27,28);1H. The molecule has 1 aromatic rings. The van der Waals surface area contributed by atoms with Gasteiger partial charge in [0.2, 0.25) is 11.8 Å². The molecule has 1 aromatic carbocycles. The molecule has 0 aromatic heterocycles. The summed E-state index contributed by atoms with van der Waals surface area (Å²) in [7, 11) is 1.73. The molecule has 180 valence electrons. The number of fused-ring (bicyclic) bond motifs is 5. The first-order valence-electron chi connectivity index (χ1n) is 11.8.